The topological polar surface area (TPSA) is 12.0 Å². The molecule has 0 bridgehead atoms. The van der Waals surface area contributed by atoms with E-state index in [1.165, 1.54) is 5.56 Å². The highest BCUT2D eigenvalue weighted by Gasteiger charge is 2.20. The Morgan fingerprint density at radius 1 is 1.00 bits per heavy atom. The van der Waals surface area contributed by atoms with Crippen LogP contribution in [0, 0.1) is 0 Å². The second-order valence-corrected chi connectivity index (χ2v) is 6.70. The molecule has 2 aromatic rings. The van der Waals surface area contributed by atoms with Crippen LogP contribution in [0.1, 0.15) is 16.4 Å². The van der Waals surface area contributed by atoms with Crippen molar-refractivity contribution >= 4 is 45.6 Å². The van der Waals surface area contributed by atoms with Gasteiger partial charge in [-0.1, -0.05) is 78.0 Å². The van der Waals surface area contributed by atoms with Crippen molar-refractivity contribution in [3.63, 3.8) is 0 Å². The summed E-state index contributed by atoms with van der Waals surface area (Å²) in [7, 11) is 0. The molecule has 0 amide bonds. The molecule has 2 aromatic carbocycles. The third-order valence-corrected chi connectivity index (χ3v) is 4.69. The minimum absolute atomic E-state index is 0.219. The van der Waals surface area contributed by atoms with Gasteiger partial charge in [0.2, 0.25) is 0 Å². The van der Waals surface area contributed by atoms with Gasteiger partial charge in [-0.25, -0.2) is 0 Å². The Labute approximate surface area is 133 Å². The van der Waals surface area contributed by atoms with Crippen LogP contribution in [-0.4, -0.2) is 4.32 Å². The second kappa shape index (κ2) is 6.00. The summed E-state index contributed by atoms with van der Waals surface area (Å²) in [6.07, 6.45) is 2.21. The average molecular weight is 318 g/mol. The van der Waals surface area contributed by atoms with Crippen LogP contribution in [0.2, 0.25) is 5.02 Å². The van der Waals surface area contributed by atoms with Crippen molar-refractivity contribution < 1.29 is 0 Å². The van der Waals surface area contributed by atoms with Gasteiger partial charge in [0.25, 0.3) is 0 Å². The van der Waals surface area contributed by atoms with Crippen molar-refractivity contribution in [1.29, 1.82) is 0 Å². The number of nitrogens with one attached hydrogen (secondary N) is 1. The molecule has 1 N–H and O–H groups in total. The smallest absolute Gasteiger partial charge is 0.139 e. The summed E-state index contributed by atoms with van der Waals surface area (Å²) in [5.74, 6) is 0. The van der Waals surface area contributed by atoms with Crippen LogP contribution in [0.15, 0.2) is 60.7 Å². The molecule has 0 aromatic heterocycles. The van der Waals surface area contributed by atoms with Gasteiger partial charge >= 0.3 is 0 Å². The SMILES string of the molecule is S=C1NC(c2ccccc2)=CC(c2ccc(Cl)cc2)S1. The normalized spacial score (nSPS) is 18.4. The largest absolute Gasteiger partial charge is 0.341 e. The molecule has 1 atom stereocenters. The molecule has 3 rings (SSSR count). The van der Waals surface area contributed by atoms with Gasteiger partial charge in [-0.2, -0.15) is 0 Å². The van der Waals surface area contributed by atoms with Gasteiger partial charge in [0, 0.05) is 10.7 Å². The molecule has 0 spiro atoms. The number of rotatable bonds is 2. The first kappa shape index (κ1) is 13.7. The van der Waals surface area contributed by atoms with Gasteiger partial charge in [0.05, 0.1) is 5.25 Å². The highest BCUT2D eigenvalue weighted by molar-refractivity contribution is 8.23. The zero-order valence-corrected chi connectivity index (χ0v) is 12.9. The molecule has 100 valence electrons. The molecule has 1 unspecified atom stereocenters. The van der Waals surface area contributed by atoms with Gasteiger partial charge in [-0.15, -0.1) is 0 Å². The van der Waals surface area contributed by atoms with Crippen molar-refractivity contribution in [2.45, 2.75) is 5.25 Å². The van der Waals surface area contributed by atoms with Crippen molar-refractivity contribution in [2.75, 3.05) is 0 Å². The standard InChI is InChI=1S/C16H12ClNS2/c17-13-8-6-12(7-9-13)15-10-14(18-16(19)20-15)11-4-2-1-3-5-11/h1-10,15H,(H,18,19). The maximum absolute atomic E-state index is 5.94. The van der Waals surface area contributed by atoms with E-state index in [9.17, 15) is 0 Å². The molecule has 1 heterocycles. The van der Waals surface area contributed by atoms with E-state index >= 15 is 0 Å². The summed E-state index contributed by atoms with van der Waals surface area (Å²) in [4.78, 5) is 0. The predicted molar refractivity (Wildman–Crippen MR) is 91.9 cm³/mol. The maximum atomic E-state index is 5.94. The molecule has 1 aliphatic heterocycles. The predicted octanol–water partition coefficient (Wildman–Crippen LogP) is 5.04. The van der Waals surface area contributed by atoms with Gasteiger partial charge in [-0.3, -0.25) is 0 Å². The van der Waals surface area contributed by atoms with E-state index in [4.69, 9.17) is 23.8 Å². The summed E-state index contributed by atoms with van der Waals surface area (Å²) in [6.45, 7) is 0. The van der Waals surface area contributed by atoms with E-state index in [0.717, 1.165) is 20.6 Å². The fourth-order valence-corrected chi connectivity index (χ4v) is 3.53. The van der Waals surface area contributed by atoms with E-state index in [1.54, 1.807) is 11.8 Å². The van der Waals surface area contributed by atoms with Crippen LogP contribution in [0.3, 0.4) is 0 Å². The molecule has 1 aliphatic rings. The zero-order chi connectivity index (χ0) is 13.9. The number of benzene rings is 2. The fraction of sp³-hybridized carbons (Fsp3) is 0.0625. The lowest BCUT2D eigenvalue weighted by molar-refractivity contribution is 1.19. The van der Waals surface area contributed by atoms with Crippen LogP contribution < -0.4 is 5.32 Å². The van der Waals surface area contributed by atoms with E-state index in [-0.39, 0.29) is 5.25 Å². The Balaban J connectivity index is 1.95. The van der Waals surface area contributed by atoms with Gasteiger partial charge in [-0.05, 0) is 29.3 Å². The number of halogens is 1. The summed E-state index contributed by atoms with van der Waals surface area (Å²) in [5, 5.41) is 4.24. The minimum Gasteiger partial charge on any atom is -0.341 e. The van der Waals surface area contributed by atoms with Crippen LogP contribution in [0.5, 0.6) is 0 Å². The molecule has 0 fully saturated rings. The maximum Gasteiger partial charge on any atom is 0.139 e. The lowest BCUT2D eigenvalue weighted by Crippen LogP contribution is -2.22. The number of thiocarbonyl (C=S) groups is 1. The summed E-state index contributed by atoms with van der Waals surface area (Å²) < 4.78 is 0.798. The van der Waals surface area contributed by atoms with Crippen LogP contribution in [0.4, 0.5) is 0 Å². The van der Waals surface area contributed by atoms with E-state index in [2.05, 4.69) is 23.5 Å². The lowest BCUT2D eigenvalue weighted by atomic mass is 10.1. The lowest BCUT2D eigenvalue weighted by Gasteiger charge is -2.23. The molecule has 0 radical (unpaired) electrons. The van der Waals surface area contributed by atoms with Crippen molar-refractivity contribution in [2.24, 2.45) is 0 Å². The monoisotopic (exact) mass is 317 g/mol. The van der Waals surface area contributed by atoms with Crippen molar-refractivity contribution in [1.82, 2.24) is 5.32 Å². The first-order chi connectivity index (χ1) is 9.72. The first-order valence-corrected chi connectivity index (χ1v) is 7.89. The third kappa shape index (κ3) is 3.06. The summed E-state index contributed by atoms with van der Waals surface area (Å²) in [6, 6.07) is 18.2. The molecule has 0 aliphatic carbocycles. The molecule has 0 saturated heterocycles. The van der Waals surface area contributed by atoms with Crippen LogP contribution >= 0.6 is 35.6 Å². The van der Waals surface area contributed by atoms with Crippen LogP contribution in [0.25, 0.3) is 5.70 Å². The van der Waals surface area contributed by atoms with Crippen LogP contribution in [-0.2, 0) is 0 Å². The number of hydrogen-bond donors (Lipinski definition) is 1. The van der Waals surface area contributed by atoms with Crippen molar-refractivity contribution in [3.05, 3.63) is 76.8 Å². The highest BCUT2D eigenvalue weighted by Crippen LogP contribution is 2.37. The average Bonchev–Trinajstić information content (AvgIpc) is 2.48. The van der Waals surface area contributed by atoms with E-state index < -0.39 is 0 Å². The Morgan fingerprint density at radius 2 is 1.70 bits per heavy atom. The number of hydrogen-bond acceptors (Lipinski definition) is 2. The first-order valence-electron chi connectivity index (χ1n) is 6.23. The quantitative estimate of drug-likeness (QED) is 0.779. The Kier molecular flexibility index (Phi) is 4.10. The minimum atomic E-state index is 0.219. The molecular formula is C16H12ClNS2. The van der Waals surface area contributed by atoms with Gasteiger partial charge in [0.1, 0.15) is 4.32 Å². The molecular weight excluding hydrogens is 306 g/mol. The van der Waals surface area contributed by atoms with E-state index in [1.807, 2.05) is 42.5 Å². The number of thioether (sulfide) groups is 1. The van der Waals surface area contributed by atoms with E-state index in [0.29, 0.717) is 0 Å². The fourth-order valence-electron chi connectivity index (χ4n) is 2.08. The molecule has 1 nitrogen and oxygen atoms in total. The van der Waals surface area contributed by atoms with Gasteiger partial charge in [0.15, 0.2) is 0 Å². The Morgan fingerprint density at radius 3 is 2.40 bits per heavy atom. The second-order valence-electron chi connectivity index (χ2n) is 4.45. The zero-order valence-electron chi connectivity index (χ0n) is 10.5. The summed E-state index contributed by atoms with van der Waals surface area (Å²) >= 11 is 13.0. The Bertz CT molecular complexity index is 650. The third-order valence-electron chi connectivity index (χ3n) is 3.07. The van der Waals surface area contributed by atoms with Gasteiger partial charge < -0.3 is 5.32 Å². The van der Waals surface area contributed by atoms with Crippen molar-refractivity contribution in [3.8, 4) is 0 Å². The molecule has 4 heteroatoms. The molecule has 20 heavy (non-hydrogen) atoms. The highest BCUT2D eigenvalue weighted by atomic mass is 35.5. The Hall–Kier alpha value is -1.29. The molecule has 0 saturated carbocycles. The summed E-state index contributed by atoms with van der Waals surface area (Å²) in [5.41, 5.74) is 3.42.